The van der Waals surface area contributed by atoms with Crippen LogP contribution in [0.2, 0.25) is 0 Å². The van der Waals surface area contributed by atoms with E-state index in [4.69, 9.17) is 5.73 Å². The molecule has 1 saturated carbocycles. The highest BCUT2D eigenvalue weighted by atomic mass is 14.9. The molecule has 88 valence electrons. The molecule has 1 fully saturated rings. The lowest BCUT2D eigenvalue weighted by Crippen LogP contribution is -2.27. The molecule has 0 radical (unpaired) electrons. The van der Waals surface area contributed by atoms with Gasteiger partial charge < -0.3 is 11.1 Å². The minimum absolute atomic E-state index is 0.591. The summed E-state index contributed by atoms with van der Waals surface area (Å²) >= 11 is 0. The van der Waals surface area contributed by atoms with E-state index in [-0.39, 0.29) is 0 Å². The van der Waals surface area contributed by atoms with E-state index in [2.05, 4.69) is 17.2 Å². The Kier molecular flexibility index (Phi) is 3.65. The third-order valence-corrected chi connectivity index (χ3v) is 3.51. The van der Waals surface area contributed by atoms with Crippen LogP contribution in [0.1, 0.15) is 39.0 Å². The molecule has 3 nitrogen and oxygen atoms in total. The highest BCUT2D eigenvalue weighted by Gasteiger charge is 2.20. The minimum Gasteiger partial charge on any atom is -0.384 e. The minimum atomic E-state index is 0.591. The Morgan fingerprint density at radius 1 is 1.50 bits per heavy atom. The number of nitrogens with zero attached hydrogens (tertiary/aromatic N) is 1. The summed E-state index contributed by atoms with van der Waals surface area (Å²) in [5.41, 5.74) is 6.77. The van der Waals surface area contributed by atoms with Gasteiger partial charge in [-0.1, -0.05) is 26.2 Å². The van der Waals surface area contributed by atoms with E-state index in [1.165, 1.54) is 32.1 Å². The lowest BCUT2D eigenvalue weighted by Gasteiger charge is -2.29. The fourth-order valence-corrected chi connectivity index (χ4v) is 2.57. The van der Waals surface area contributed by atoms with Crippen molar-refractivity contribution in [3.63, 3.8) is 0 Å². The molecular weight excluding hydrogens is 198 g/mol. The molecule has 1 aromatic heterocycles. The van der Waals surface area contributed by atoms with Crippen LogP contribution in [0.15, 0.2) is 18.3 Å². The van der Waals surface area contributed by atoms with E-state index < -0.39 is 0 Å². The quantitative estimate of drug-likeness (QED) is 0.821. The second-order valence-electron chi connectivity index (χ2n) is 4.75. The van der Waals surface area contributed by atoms with Crippen LogP contribution < -0.4 is 11.1 Å². The van der Waals surface area contributed by atoms with Crippen LogP contribution in [0.3, 0.4) is 0 Å². The van der Waals surface area contributed by atoms with Gasteiger partial charge in [0.25, 0.3) is 0 Å². The highest BCUT2D eigenvalue weighted by molar-refractivity contribution is 5.50. The molecule has 1 aliphatic rings. The number of nitrogens with two attached hydrogens (primary N) is 1. The first-order valence-corrected chi connectivity index (χ1v) is 6.26. The Morgan fingerprint density at radius 3 is 3.12 bits per heavy atom. The first kappa shape index (κ1) is 11.2. The van der Waals surface area contributed by atoms with Crippen LogP contribution in [-0.4, -0.2) is 11.0 Å². The third-order valence-electron chi connectivity index (χ3n) is 3.51. The number of pyridine rings is 1. The first-order chi connectivity index (χ1) is 7.78. The van der Waals surface area contributed by atoms with E-state index in [0.717, 1.165) is 11.6 Å². The Bertz CT molecular complexity index is 338. The molecule has 0 amide bonds. The zero-order chi connectivity index (χ0) is 11.4. The van der Waals surface area contributed by atoms with Gasteiger partial charge in [-0.15, -0.1) is 0 Å². The molecule has 2 atom stereocenters. The van der Waals surface area contributed by atoms with Crippen LogP contribution in [-0.2, 0) is 0 Å². The molecular formula is C13H21N3. The Labute approximate surface area is 97.5 Å². The van der Waals surface area contributed by atoms with Crippen molar-refractivity contribution in [2.75, 3.05) is 11.1 Å². The maximum atomic E-state index is 5.67. The molecule has 3 N–H and O–H groups in total. The zero-order valence-corrected chi connectivity index (χ0v) is 9.95. The first-order valence-electron chi connectivity index (χ1n) is 6.26. The molecule has 0 saturated heterocycles. The summed E-state index contributed by atoms with van der Waals surface area (Å²) in [5.74, 6) is 1.48. The molecule has 1 aromatic rings. The number of nitrogens with one attached hydrogen (secondary N) is 1. The molecule has 0 spiro atoms. The van der Waals surface area contributed by atoms with Crippen LogP contribution in [0.25, 0.3) is 0 Å². The van der Waals surface area contributed by atoms with Crippen molar-refractivity contribution < 1.29 is 0 Å². The van der Waals surface area contributed by atoms with E-state index in [9.17, 15) is 0 Å². The van der Waals surface area contributed by atoms with Gasteiger partial charge in [0.2, 0.25) is 0 Å². The summed E-state index contributed by atoms with van der Waals surface area (Å²) in [6.45, 7) is 2.29. The second kappa shape index (κ2) is 5.19. The van der Waals surface area contributed by atoms with E-state index in [0.29, 0.717) is 11.9 Å². The zero-order valence-electron chi connectivity index (χ0n) is 9.95. The van der Waals surface area contributed by atoms with Gasteiger partial charge in [-0.2, -0.15) is 0 Å². The molecule has 2 rings (SSSR count). The van der Waals surface area contributed by atoms with Gasteiger partial charge in [0.15, 0.2) is 0 Å². The van der Waals surface area contributed by atoms with Gasteiger partial charge in [-0.3, -0.25) is 0 Å². The number of nitrogen functional groups attached to an aromatic ring is 1. The van der Waals surface area contributed by atoms with Crippen molar-refractivity contribution in [3.05, 3.63) is 18.3 Å². The number of rotatable bonds is 3. The van der Waals surface area contributed by atoms with E-state index >= 15 is 0 Å². The number of hydrogen-bond donors (Lipinski definition) is 2. The van der Waals surface area contributed by atoms with Crippen molar-refractivity contribution in [2.45, 2.75) is 45.1 Å². The molecule has 0 aliphatic heterocycles. The second-order valence-corrected chi connectivity index (χ2v) is 4.75. The summed E-state index contributed by atoms with van der Waals surface area (Å²) in [4.78, 5) is 4.00. The number of aromatic nitrogens is 1. The Balaban J connectivity index is 1.94. The van der Waals surface area contributed by atoms with Crippen LogP contribution >= 0.6 is 0 Å². The maximum Gasteiger partial charge on any atom is 0.125 e. The Morgan fingerprint density at radius 2 is 2.38 bits per heavy atom. The van der Waals surface area contributed by atoms with Crippen molar-refractivity contribution in [2.24, 2.45) is 5.92 Å². The molecule has 16 heavy (non-hydrogen) atoms. The van der Waals surface area contributed by atoms with Crippen LogP contribution in [0, 0.1) is 5.92 Å². The lowest BCUT2D eigenvalue weighted by molar-refractivity contribution is 0.327. The van der Waals surface area contributed by atoms with E-state index in [1.807, 2.05) is 12.1 Å². The topological polar surface area (TPSA) is 50.9 Å². The molecule has 2 unspecified atom stereocenters. The third kappa shape index (κ3) is 2.87. The normalized spacial score (nSPS) is 25.3. The van der Waals surface area contributed by atoms with Crippen molar-refractivity contribution in [1.29, 1.82) is 0 Å². The summed E-state index contributed by atoms with van der Waals surface area (Å²) in [6.07, 6.45) is 8.37. The summed E-state index contributed by atoms with van der Waals surface area (Å²) in [6, 6.07) is 4.52. The summed E-state index contributed by atoms with van der Waals surface area (Å²) in [5, 5.41) is 3.57. The van der Waals surface area contributed by atoms with Crippen LogP contribution in [0.5, 0.6) is 0 Å². The molecule has 1 aliphatic carbocycles. The maximum absolute atomic E-state index is 5.67. The highest BCUT2D eigenvalue weighted by Crippen LogP contribution is 2.28. The fraction of sp³-hybridized carbons (Fsp3) is 0.615. The van der Waals surface area contributed by atoms with Gasteiger partial charge in [0.1, 0.15) is 5.82 Å². The van der Waals surface area contributed by atoms with Gasteiger partial charge in [0.05, 0.1) is 0 Å². The van der Waals surface area contributed by atoms with Gasteiger partial charge in [-0.05, 0) is 24.8 Å². The standard InChI is InChI=1S/C13H21N3/c1-2-10-4-3-5-11(8-10)16-12-6-7-15-13(14)9-12/h6-7,9-11H,2-5,8H2,1H3,(H3,14,15,16). The van der Waals surface area contributed by atoms with Gasteiger partial charge in [-0.25, -0.2) is 4.98 Å². The van der Waals surface area contributed by atoms with Crippen molar-refractivity contribution >= 4 is 11.5 Å². The van der Waals surface area contributed by atoms with Crippen LogP contribution in [0.4, 0.5) is 11.5 Å². The van der Waals surface area contributed by atoms with E-state index in [1.54, 1.807) is 6.20 Å². The average Bonchev–Trinajstić information content (AvgIpc) is 2.29. The molecule has 3 heteroatoms. The number of hydrogen-bond acceptors (Lipinski definition) is 3. The monoisotopic (exact) mass is 219 g/mol. The summed E-state index contributed by atoms with van der Waals surface area (Å²) < 4.78 is 0. The van der Waals surface area contributed by atoms with Crippen molar-refractivity contribution in [3.8, 4) is 0 Å². The van der Waals surface area contributed by atoms with Crippen molar-refractivity contribution in [1.82, 2.24) is 4.98 Å². The lowest BCUT2D eigenvalue weighted by atomic mass is 9.84. The molecule has 0 bridgehead atoms. The largest absolute Gasteiger partial charge is 0.384 e. The van der Waals surface area contributed by atoms with Gasteiger partial charge >= 0.3 is 0 Å². The smallest absolute Gasteiger partial charge is 0.125 e. The van der Waals surface area contributed by atoms with Gasteiger partial charge in [0, 0.05) is 24.0 Å². The predicted octanol–water partition coefficient (Wildman–Crippen LogP) is 3.04. The molecule has 0 aromatic carbocycles. The summed E-state index contributed by atoms with van der Waals surface area (Å²) in [7, 11) is 0. The predicted molar refractivity (Wildman–Crippen MR) is 68.3 cm³/mol. The Hall–Kier alpha value is -1.25. The SMILES string of the molecule is CCC1CCCC(Nc2ccnc(N)c2)C1. The average molecular weight is 219 g/mol. The fourth-order valence-electron chi connectivity index (χ4n) is 2.57. The molecule has 1 heterocycles. The number of anilines is 2.